The standard InChI is InChI=1S/C12H18N2OS/c1-9(15)12-4-3-10(7-13-12)14(2)11-5-6-16-8-11/h3-4,7,9,11,15H,5-6,8H2,1-2H3/t9-,11?/m1/s1. The summed E-state index contributed by atoms with van der Waals surface area (Å²) in [6.07, 6.45) is 2.62. The summed E-state index contributed by atoms with van der Waals surface area (Å²) in [6, 6.07) is 4.57. The molecule has 1 aliphatic heterocycles. The lowest BCUT2D eigenvalue weighted by atomic mass is 10.2. The molecule has 1 unspecified atom stereocenters. The highest BCUT2D eigenvalue weighted by Crippen LogP contribution is 2.25. The minimum atomic E-state index is -0.485. The fourth-order valence-electron chi connectivity index (χ4n) is 1.89. The monoisotopic (exact) mass is 238 g/mol. The zero-order chi connectivity index (χ0) is 11.5. The first-order valence-corrected chi connectivity index (χ1v) is 6.78. The first-order valence-electron chi connectivity index (χ1n) is 5.63. The second-order valence-corrected chi connectivity index (χ2v) is 5.40. The SMILES string of the molecule is C[C@@H](O)c1ccc(N(C)C2CCSC2)cn1. The number of aromatic nitrogens is 1. The van der Waals surface area contributed by atoms with E-state index >= 15 is 0 Å². The number of nitrogens with zero attached hydrogens (tertiary/aromatic N) is 2. The Morgan fingerprint density at radius 1 is 1.56 bits per heavy atom. The normalized spacial score (nSPS) is 22.1. The van der Waals surface area contributed by atoms with Gasteiger partial charge in [0.25, 0.3) is 0 Å². The first kappa shape index (κ1) is 11.7. The molecule has 3 nitrogen and oxygen atoms in total. The number of aliphatic hydroxyl groups is 1. The molecule has 4 heteroatoms. The molecule has 2 heterocycles. The van der Waals surface area contributed by atoms with Crippen LogP contribution in [0.3, 0.4) is 0 Å². The van der Waals surface area contributed by atoms with Gasteiger partial charge in [-0.3, -0.25) is 4.98 Å². The maximum Gasteiger partial charge on any atom is 0.0931 e. The zero-order valence-electron chi connectivity index (χ0n) is 9.76. The predicted octanol–water partition coefficient (Wildman–Crippen LogP) is 2.08. The van der Waals surface area contributed by atoms with E-state index < -0.39 is 6.10 Å². The molecule has 1 saturated heterocycles. The third kappa shape index (κ3) is 2.50. The lowest BCUT2D eigenvalue weighted by Crippen LogP contribution is -2.31. The molecular formula is C12H18N2OS. The van der Waals surface area contributed by atoms with Gasteiger partial charge in [0.05, 0.1) is 23.7 Å². The molecule has 1 aliphatic rings. The second-order valence-electron chi connectivity index (χ2n) is 4.25. The topological polar surface area (TPSA) is 36.4 Å². The van der Waals surface area contributed by atoms with Crippen molar-refractivity contribution in [2.45, 2.75) is 25.5 Å². The van der Waals surface area contributed by atoms with Crippen molar-refractivity contribution < 1.29 is 5.11 Å². The van der Waals surface area contributed by atoms with E-state index in [1.165, 1.54) is 17.9 Å². The van der Waals surface area contributed by atoms with Gasteiger partial charge in [-0.1, -0.05) is 0 Å². The Balaban J connectivity index is 2.08. The second kappa shape index (κ2) is 5.06. The van der Waals surface area contributed by atoms with Crippen LogP contribution in [0.1, 0.15) is 25.1 Å². The predicted molar refractivity (Wildman–Crippen MR) is 69.0 cm³/mol. The van der Waals surface area contributed by atoms with Crippen molar-refractivity contribution >= 4 is 17.4 Å². The number of thioether (sulfide) groups is 1. The Labute approximate surface area is 101 Å². The average Bonchev–Trinajstić information content (AvgIpc) is 2.81. The van der Waals surface area contributed by atoms with Gasteiger partial charge < -0.3 is 10.0 Å². The van der Waals surface area contributed by atoms with E-state index in [0.29, 0.717) is 6.04 Å². The first-order chi connectivity index (χ1) is 7.68. The summed E-state index contributed by atoms with van der Waals surface area (Å²) < 4.78 is 0. The quantitative estimate of drug-likeness (QED) is 0.874. The number of hydrogen-bond donors (Lipinski definition) is 1. The van der Waals surface area contributed by atoms with Gasteiger partial charge in [-0.05, 0) is 31.2 Å². The average molecular weight is 238 g/mol. The Hall–Kier alpha value is -0.740. The molecule has 1 aromatic rings. The molecule has 0 bridgehead atoms. The maximum atomic E-state index is 9.39. The van der Waals surface area contributed by atoms with Crippen molar-refractivity contribution in [3.63, 3.8) is 0 Å². The van der Waals surface area contributed by atoms with Crippen LogP contribution in [0.2, 0.25) is 0 Å². The van der Waals surface area contributed by atoms with Crippen LogP contribution < -0.4 is 4.90 Å². The van der Waals surface area contributed by atoms with Crippen molar-refractivity contribution in [1.29, 1.82) is 0 Å². The molecule has 1 N–H and O–H groups in total. The third-order valence-electron chi connectivity index (χ3n) is 3.06. The van der Waals surface area contributed by atoms with Crippen LogP contribution >= 0.6 is 11.8 Å². The summed E-state index contributed by atoms with van der Waals surface area (Å²) in [5.41, 5.74) is 1.87. The van der Waals surface area contributed by atoms with Crippen LogP contribution in [-0.4, -0.2) is 34.7 Å². The van der Waals surface area contributed by atoms with Crippen molar-refractivity contribution in [2.75, 3.05) is 23.5 Å². The van der Waals surface area contributed by atoms with Crippen LogP contribution in [-0.2, 0) is 0 Å². The van der Waals surface area contributed by atoms with E-state index in [0.717, 1.165) is 11.4 Å². The van der Waals surface area contributed by atoms with E-state index in [2.05, 4.69) is 16.9 Å². The number of aliphatic hydroxyl groups excluding tert-OH is 1. The number of pyridine rings is 1. The van der Waals surface area contributed by atoms with Crippen LogP contribution in [0.25, 0.3) is 0 Å². The van der Waals surface area contributed by atoms with E-state index in [1.54, 1.807) is 6.92 Å². The molecule has 1 fully saturated rings. The molecule has 0 amide bonds. The smallest absolute Gasteiger partial charge is 0.0931 e. The minimum absolute atomic E-state index is 0.485. The van der Waals surface area contributed by atoms with Crippen LogP contribution in [0, 0.1) is 0 Å². The zero-order valence-corrected chi connectivity index (χ0v) is 10.6. The third-order valence-corrected chi connectivity index (χ3v) is 4.20. The molecular weight excluding hydrogens is 220 g/mol. The van der Waals surface area contributed by atoms with Gasteiger partial charge in [0.1, 0.15) is 0 Å². The van der Waals surface area contributed by atoms with Gasteiger partial charge in [-0.25, -0.2) is 0 Å². The molecule has 16 heavy (non-hydrogen) atoms. The van der Waals surface area contributed by atoms with Gasteiger partial charge in [0, 0.05) is 18.8 Å². The van der Waals surface area contributed by atoms with Crippen LogP contribution in [0.5, 0.6) is 0 Å². The summed E-state index contributed by atoms with van der Waals surface area (Å²) in [4.78, 5) is 6.56. The molecule has 0 radical (unpaired) electrons. The number of anilines is 1. The molecule has 1 aromatic heterocycles. The molecule has 0 aliphatic carbocycles. The Kier molecular flexibility index (Phi) is 3.71. The lowest BCUT2D eigenvalue weighted by molar-refractivity contribution is 0.194. The summed E-state index contributed by atoms with van der Waals surface area (Å²) in [5.74, 6) is 2.46. The van der Waals surface area contributed by atoms with Crippen LogP contribution in [0.15, 0.2) is 18.3 Å². The molecule has 0 aromatic carbocycles. The summed E-state index contributed by atoms with van der Waals surface area (Å²) in [5, 5.41) is 9.39. The van der Waals surface area contributed by atoms with Gasteiger partial charge >= 0.3 is 0 Å². The van der Waals surface area contributed by atoms with Crippen LogP contribution in [0.4, 0.5) is 5.69 Å². The van der Waals surface area contributed by atoms with E-state index in [4.69, 9.17) is 0 Å². The molecule has 88 valence electrons. The van der Waals surface area contributed by atoms with Crippen molar-refractivity contribution in [3.8, 4) is 0 Å². The largest absolute Gasteiger partial charge is 0.387 e. The Morgan fingerprint density at radius 3 is 2.88 bits per heavy atom. The highest BCUT2D eigenvalue weighted by atomic mass is 32.2. The van der Waals surface area contributed by atoms with Gasteiger partial charge in [-0.15, -0.1) is 0 Å². The van der Waals surface area contributed by atoms with Gasteiger partial charge in [0.2, 0.25) is 0 Å². The van der Waals surface area contributed by atoms with Crippen molar-refractivity contribution in [1.82, 2.24) is 4.98 Å². The Morgan fingerprint density at radius 2 is 2.38 bits per heavy atom. The maximum absolute atomic E-state index is 9.39. The van der Waals surface area contributed by atoms with E-state index in [9.17, 15) is 5.11 Å². The lowest BCUT2D eigenvalue weighted by Gasteiger charge is -2.25. The van der Waals surface area contributed by atoms with Gasteiger partial charge in [0.15, 0.2) is 0 Å². The fraction of sp³-hybridized carbons (Fsp3) is 0.583. The fourth-order valence-corrected chi connectivity index (χ4v) is 3.16. The van der Waals surface area contributed by atoms with E-state index in [1.807, 2.05) is 30.1 Å². The Bertz CT molecular complexity index is 333. The van der Waals surface area contributed by atoms with Crippen molar-refractivity contribution in [3.05, 3.63) is 24.0 Å². The molecule has 0 saturated carbocycles. The minimum Gasteiger partial charge on any atom is -0.387 e. The molecule has 2 rings (SSSR count). The highest BCUT2D eigenvalue weighted by molar-refractivity contribution is 7.99. The number of rotatable bonds is 3. The highest BCUT2D eigenvalue weighted by Gasteiger charge is 2.20. The molecule has 0 spiro atoms. The van der Waals surface area contributed by atoms with Gasteiger partial charge in [-0.2, -0.15) is 11.8 Å². The summed E-state index contributed by atoms with van der Waals surface area (Å²) in [6.45, 7) is 1.74. The van der Waals surface area contributed by atoms with Crippen molar-refractivity contribution in [2.24, 2.45) is 0 Å². The summed E-state index contributed by atoms with van der Waals surface area (Å²) in [7, 11) is 2.12. The summed E-state index contributed by atoms with van der Waals surface area (Å²) >= 11 is 2.01. The van der Waals surface area contributed by atoms with E-state index in [-0.39, 0.29) is 0 Å². The molecule has 2 atom stereocenters. The number of hydrogen-bond acceptors (Lipinski definition) is 4.